The fourth-order valence-corrected chi connectivity index (χ4v) is 4.57. The molecule has 1 aromatic carbocycles. The molecule has 0 atom stereocenters. The van der Waals surface area contributed by atoms with E-state index in [4.69, 9.17) is 0 Å². The fourth-order valence-electron chi connectivity index (χ4n) is 2.74. The van der Waals surface area contributed by atoms with E-state index in [1.54, 1.807) is 47.0 Å². The van der Waals surface area contributed by atoms with Crippen molar-refractivity contribution in [3.05, 3.63) is 108 Å². The van der Waals surface area contributed by atoms with Crippen LogP contribution in [-0.2, 0) is 0 Å². The molecule has 0 aliphatic heterocycles. The lowest BCUT2D eigenvalue weighted by Crippen LogP contribution is -1.84. The molecule has 0 aliphatic carbocycles. The maximum absolute atomic E-state index is 3.82. The van der Waals surface area contributed by atoms with Crippen LogP contribution in [0.25, 0.3) is 20.2 Å². The van der Waals surface area contributed by atoms with Crippen molar-refractivity contribution in [3.8, 4) is 23.7 Å². The highest BCUT2D eigenvalue weighted by atomic mass is 32.1. The molecule has 0 amide bonds. The Morgan fingerprint density at radius 3 is 1.50 bits per heavy atom. The zero-order valence-corrected chi connectivity index (χ0v) is 17.1. The Labute approximate surface area is 174 Å². The molecule has 2 heteroatoms. The zero-order valence-electron chi connectivity index (χ0n) is 15.4. The Hall–Kier alpha value is -3.30. The third kappa shape index (κ3) is 3.85. The van der Waals surface area contributed by atoms with Crippen LogP contribution in [0.3, 0.4) is 0 Å². The van der Waals surface area contributed by atoms with Gasteiger partial charge in [-0.25, -0.2) is 0 Å². The number of allylic oxidation sites excluding steroid dienone is 8. The molecule has 3 aromatic rings. The highest BCUT2D eigenvalue weighted by Gasteiger charge is 2.14. The van der Waals surface area contributed by atoms with Gasteiger partial charge >= 0.3 is 0 Å². The summed E-state index contributed by atoms with van der Waals surface area (Å²) in [6, 6.07) is 4.24. The van der Waals surface area contributed by atoms with Gasteiger partial charge in [0, 0.05) is 21.9 Å². The molecule has 0 saturated heterocycles. The first kappa shape index (κ1) is 19.5. The lowest BCUT2D eigenvalue weighted by molar-refractivity contribution is 1.77. The Morgan fingerprint density at radius 2 is 1.14 bits per heavy atom. The zero-order chi connectivity index (χ0) is 19.9. The summed E-state index contributed by atoms with van der Waals surface area (Å²) in [5.41, 5.74) is 3.76. The minimum atomic E-state index is 0.845. The van der Waals surface area contributed by atoms with Crippen molar-refractivity contribution in [2.45, 2.75) is 0 Å². The van der Waals surface area contributed by atoms with Crippen LogP contribution in [0, 0.1) is 23.7 Å². The van der Waals surface area contributed by atoms with Gasteiger partial charge in [-0.1, -0.05) is 74.3 Å². The van der Waals surface area contributed by atoms with Crippen LogP contribution in [0.15, 0.2) is 96.8 Å². The second-order valence-electron chi connectivity index (χ2n) is 5.70. The van der Waals surface area contributed by atoms with Crippen LogP contribution >= 0.6 is 22.7 Å². The first-order valence-corrected chi connectivity index (χ1v) is 10.3. The van der Waals surface area contributed by atoms with Gasteiger partial charge in [-0.15, -0.1) is 22.7 Å². The van der Waals surface area contributed by atoms with E-state index in [2.05, 4.69) is 72.9 Å². The lowest BCUT2D eigenvalue weighted by atomic mass is 10.0. The lowest BCUT2D eigenvalue weighted by Gasteiger charge is -2.03. The molecule has 0 nitrogen and oxygen atoms in total. The van der Waals surface area contributed by atoms with Gasteiger partial charge in [-0.3, -0.25) is 0 Å². The number of fused-ring (bicyclic) bond motifs is 2. The van der Waals surface area contributed by atoms with E-state index in [-0.39, 0.29) is 0 Å². The second-order valence-corrected chi connectivity index (χ2v) is 7.53. The molecule has 0 saturated carbocycles. The molecule has 0 spiro atoms. The van der Waals surface area contributed by atoms with E-state index in [1.165, 1.54) is 0 Å². The maximum atomic E-state index is 3.82. The van der Waals surface area contributed by atoms with Crippen molar-refractivity contribution in [1.82, 2.24) is 0 Å². The highest BCUT2D eigenvalue weighted by molar-refractivity contribution is 7.19. The number of rotatable bonds is 4. The average Bonchev–Trinajstić information content (AvgIpc) is 3.38. The van der Waals surface area contributed by atoms with Gasteiger partial charge < -0.3 is 0 Å². The van der Waals surface area contributed by atoms with E-state index in [9.17, 15) is 0 Å². The van der Waals surface area contributed by atoms with Crippen molar-refractivity contribution in [2.75, 3.05) is 0 Å². The predicted octanol–water partition coefficient (Wildman–Crippen LogP) is 7.42. The SMILES string of the molecule is C=C/C=C(/C#Cc1c2ccsc2c(C#C/C(C=C)=C/C=C)c2ccsc12)C=C. The first-order chi connectivity index (χ1) is 13.7. The average molecular weight is 395 g/mol. The molecule has 134 valence electrons. The Bertz CT molecular complexity index is 1130. The normalized spacial score (nSPS) is 11.3. The number of hydrogen-bond donors (Lipinski definition) is 0. The molecule has 0 radical (unpaired) electrons. The largest absolute Gasteiger partial charge is 0.142 e. The molecule has 0 fully saturated rings. The van der Waals surface area contributed by atoms with Crippen LogP contribution in [0.5, 0.6) is 0 Å². The van der Waals surface area contributed by atoms with E-state index >= 15 is 0 Å². The molecule has 0 unspecified atom stereocenters. The molecule has 2 aromatic heterocycles. The van der Waals surface area contributed by atoms with Gasteiger partial charge in [0.1, 0.15) is 0 Å². The van der Waals surface area contributed by atoms with Crippen LogP contribution in [0.1, 0.15) is 11.1 Å². The molecular weight excluding hydrogens is 376 g/mol. The van der Waals surface area contributed by atoms with Crippen molar-refractivity contribution < 1.29 is 0 Å². The second kappa shape index (κ2) is 9.07. The summed E-state index contributed by atoms with van der Waals surface area (Å²) in [7, 11) is 0. The van der Waals surface area contributed by atoms with Gasteiger partial charge in [0.2, 0.25) is 0 Å². The predicted molar refractivity (Wildman–Crippen MR) is 128 cm³/mol. The van der Waals surface area contributed by atoms with Gasteiger partial charge in [0.15, 0.2) is 0 Å². The van der Waals surface area contributed by atoms with Gasteiger partial charge in [0.05, 0.1) is 20.5 Å². The van der Waals surface area contributed by atoms with E-state index in [0.29, 0.717) is 0 Å². The van der Waals surface area contributed by atoms with Crippen LogP contribution in [0.2, 0.25) is 0 Å². The Kier molecular flexibility index (Phi) is 6.30. The summed E-state index contributed by atoms with van der Waals surface area (Å²) in [5.74, 6) is 13.1. The molecule has 0 N–H and O–H groups in total. The quantitative estimate of drug-likeness (QED) is 0.319. The first-order valence-electron chi connectivity index (χ1n) is 8.58. The third-order valence-corrected chi connectivity index (χ3v) is 5.89. The molecule has 2 heterocycles. The maximum Gasteiger partial charge on any atom is 0.0519 e. The third-order valence-electron chi connectivity index (χ3n) is 4.02. The summed E-state index contributed by atoms with van der Waals surface area (Å²) in [4.78, 5) is 0. The fraction of sp³-hybridized carbons (Fsp3) is 0. The summed E-state index contributed by atoms with van der Waals surface area (Å²) in [6.45, 7) is 15.1. The van der Waals surface area contributed by atoms with Crippen molar-refractivity contribution in [2.24, 2.45) is 0 Å². The Morgan fingerprint density at radius 1 is 0.714 bits per heavy atom. The molecular formula is C26H18S2. The monoisotopic (exact) mass is 394 g/mol. The summed E-state index contributed by atoms with van der Waals surface area (Å²) < 4.78 is 2.30. The number of benzene rings is 1. The van der Waals surface area contributed by atoms with Crippen LogP contribution in [0.4, 0.5) is 0 Å². The minimum absolute atomic E-state index is 0.845. The highest BCUT2D eigenvalue weighted by Crippen LogP contribution is 2.38. The van der Waals surface area contributed by atoms with Gasteiger partial charge in [0.25, 0.3) is 0 Å². The standard InChI is InChI=1S/C26H18S2/c1-5-9-19(7-3)11-13-21-23-15-17-28-26(23)22(24-16-18-27-25(21)24)14-12-20(8-4)10-6-2/h5-10,15-18H,1-4H2/b19-9+,20-10+. The van der Waals surface area contributed by atoms with Crippen molar-refractivity contribution in [1.29, 1.82) is 0 Å². The van der Waals surface area contributed by atoms with Crippen molar-refractivity contribution >= 4 is 42.8 Å². The molecule has 0 bridgehead atoms. The summed E-state index contributed by atoms with van der Waals surface area (Å²) in [6.07, 6.45) is 10.7. The van der Waals surface area contributed by atoms with Crippen LogP contribution in [-0.4, -0.2) is 0 Å². The summed E-state index contributed by atoms with van der Waals surface area (Å²) in [5, 5.41) is 6.44. The molecule has 28 heavy (non-hydrogen) atoms. The van der Waals surface area contributed by atoms with Gasteiger partial charge in [-0.2, -0.15) is 0 Å². The Balaban J connectivity index is 2.29. The van der Waals surface area contributed by atoms with E-state index in [0.717, 1.165) is 42.4 Å². The number of hydrogen-bond acceptors (Lipinski definition) is 2. The molecule has 0 aliphatic rings. The van der Waals surface area contributed by atoms with Crippen LogP contribution < -0.4 is 0 Å². The van der Waals surface area contributed by atoms with E-state index < -0.39 is 0 Å². The topological polar surface area (TPSA) is 0 Å². The van der Waals surface area contributed by atoms with Crippen molar-refractivity contribution in [3.63, 3.8) is 0 Å². The summed E-state index contributed by atoms with van der Waals surface area (Å²) >= 11 is 3.37. The smallest absolute Gasteiger partial charge is 0.0519 e. The van der Waals surface area contributed by atoms with Gasteiger partial charge in [-0.05, 0) is 35.0 Å². The number of thiophene rings is 2. The van der Waals surface area contributed by atoms with E-state index in [1.807, 2.05) is 12.2 Å². The molecule has 3 rings (SSSR count). The minimum Gasteiger partial charge on any atom is -0.142 e.